The zero-order valence-electron chi connectivity index (χ0n) is 23.9. The van der Waals surface area contributed by atoms with Gasteiger partial charge in [-0.2, -0.15) is 31.6 Å². The molecule has 0 atom stereocenters. The van der Waals surface area contributed by atoms with Gasteiger partial charge in [0, 0.05) is 5.56 Å². The lowest BCUT2D eigenvalue weighted by Gasteiger charge is -2.16. The summed E-state index contributed by atoms with van der Waals surface area (Å²) >= 11 is 0. The summed E-state index contributed by atoms with van der Waals surface area (Å²) in [7, 11) is 0. The summed E-state index contributed by atoms with van der Waals surface area (Å²) in [6.45, 7) is 1.32. The summed E-state index contributed by atoms with van der Waals surface area (Å²) in [5.41, 5.74) is -18.7. The highest BCUT2D eigenvalue weighted by molar-refractivity contribution is 5.94. The molecule has 17 heteroatoms. The van der Waals surface area contributed by atoms with Crippen LogP contribution in [0.4, 0.5) is 48.3 Å². The highest BCUT2D eigenvalue weighted by atomic mass is 19.2. The number of hydrogen-bond donors (Lipinski definition) is 0. The maximum absolute atomic E-state index is 15.4. The van der Waals surface area contributed by atoms with Gasteiger partial charge in [-0.15, -0.1) is 0 Å². The Hall–Kier alpha value is -6.95. The van der Waals surface area contributed by atoms with Crippen molar-refractivity contribution >= 4 is 16.7 Å². The van der Waals surface area contributed by atoms with Gasteiger partial charge in [-0.3, -0.25) is 0 Å². The van der Waals surface area contributed by atoms with E-state index in [2.05, 4.69) is 0 Å². The molecule has 0 spiro atoms. The smallest absolute Gasteiger partial charge is 0.180 e. The van der Waals surface area contributed by atoms with E-state index in [-0.39, 0.29) is 6.08 Å². The van der Waals surface area contributed by atoms with Crippen LogP contribution < -0.4 is 0 Å². The van der Waals surface area contributed by atoms with Gasteiger partial charge in [-0.1, -0.05) is 0 Å². The zero-order chi connectivity index (χ0) is 37.2. The van der Waals surface area contributed by atoms with Crippen molar-refractivity contribution in [3.05, 3.63) is 120 Å². The van der Waals surface area contributed by atoms with E-state index in [1.165, 1.54) is 6.07 Å². The quantitative estimate of drug-likeness (QED) is 0.115. The Morgan fingerprint density at radius 2 is 0.796 bits per heavy atom. The molecule has 6 nitrogen and oxygen atoms in total. The van der Waals surface area contributed by atoms with E-state index in [0.717, 1.165) is 37.3 Å². The van der Waals surface area contributed by atoms with Crippen molar-refractivity contribution in [2.45, 2.75) is 13.8 Å². The molecule has 0 fully saturated rings. The fourth-order valence-corrected chi connectivity index (χ4v) is 4.43. The summed E-state index contributed by atoms with van der Waals surface area (Å²) in [5.74, 6) is -25.5. The first kappa shape index (κ1) is 36.5. The lowest BCUT2D eigenvalue weighted by Crippen LogP contribution is -2.10. The van der Waals surface area contributed by atoms with Gasteiger partial charge in [0.1, 0.15) is 47.3 Å². The summed E-state index contributed by atoms with van der Waals surface area (Å²) in [6.07, 6.45) is -0.0345. The van der Waals surface area contributed by atoms with Crippen LogP contribution >= 0.6 is 0 Å². The third-order valence-corrected chi connectivity index (χ3v) is 6.87. The van der Waals surface area contributed by atoms with E-state index in [1.807, 2.05) is 0 Å². The van der Waals surface area contributed by atoms with Crippen LogP contribution in [0.2, 0.25) is 0 Å². The highest BCUT2D eigenvalue weighted by Crippen LogP contribution is 2.39. The predicted octanol–water partition coefficient (Wildman–Crippen LogP) is 8.02. The molecule has 0 unspecified atom stereocenters. The minimum Gasteiger partial charge on any atom is -0.206 e. The van der Waals surface area contributed by atoms with E-state index < -0.39 is 131 Å². The molecule has 0 aliphatic carbocycles. The second-order valence-electron chi connectivity index (χ2n) is 9.35. The fraction of sp³-hybridized carbons (Fsp3) is 0.0625. The second kappa shape index (κ2) is 13.8. The second-order valence-corrected chi connectivity index (χ2v) is 9.35. The monoisotopic (exact) mass is 684 g/mol. The van der Waals surface area contributed by atoms with E-state index in [9.17, 15) is 46.5 Å². The van der Waals surface area contributed by atoms with Crippen molar-refractivity contribution < 1.29 is 48.3 Å². The van der Waals surface area contributed by atoms with Gasteiger partial charge in [-0.25, -0.2) is 48.3 Å². The number of allylic oxidation sites excluding steroid dienone is 6. The van der Waals surface area contributed by atoms with Crippen LogP contribution in [0.5, 0.6) is 0 Å². The summed E-state index contributed by atoms with van der Waals surface area (Å²) in [6, 6.07) is 6.00. The van der Waals surface area contributed by atoms with Crippen LogP contribution in [0.3, 0.4) is 0 Å². The third kappa shape index (κ3) is 5.67. The van der Waals surface area contributed by atoms with Crippen molar-refractivity contribution in [3.8, 4) is 36.4 Å². The molecule has 3 aromatic carbocycles. The number of nitriles is 6. The van der Waals surface area contributed by atoms with Gasteiger partial charge in [0.25, 0.3) is 0 Å². The Bertz CT molecular complexity index is 2300. The molecule has 242 valence electrons. The minimum atomic E-state index is -2.49. The van der Waals surface area contributed by atoms with E-state index in [4.69, 9.17) is 15.8 Å². The van der Waals surface area contributed by atoms with Gasteiger partial charge in [-0.05, 0) is 31.1 Å². The van der Waals surface area contributed by atoms with Crippen molar-refractivity contribution in [1.29, 1.82) is 31.6 Å². The number of benzene rings is 3. The zero-order valence-corrected chi connectivity index (χ0v) is 23.9. The average molecular weight is 684 g/mol. The Morgan fingerprint density at radius 1 is 0.449 bits per heavy atom. The molecule has 0 aliphatic rings. The largest absolute Gasteiger partial charge is 0.206 e. The third-order valence-electron chi connectivity index (χ3n) is 6.87. The van der Waals surface area contributed by atoms with Crippen molar-refractivity contribution in [2.24, 2.45) is 0 Å². The maximum atomic E-state index is 15.4. The van der Waals surface area contributed by atoms with Crippen LogP contribution in [0.15, 0.2) is 17.2 Å². The topological polar surface area (TPSA) is 143 Å². The highest BCUT2D eigenvalue weighted by Gasteiger charge is 2.33. The van der Waals surface area contributed by atoms with Gasteiger partial charge in [0.15, 0.2) is 58.2 Å². The lowest BCUT2D eigenvalue weighted by atomic mass is 9.87. The number of hydrogen-bond acceptors (Lipinski definition) is 6. The lowest BCUT2D eigenvalue weighted by molar-refractivity contribution is 0.446. The Labute approximate surface area is 267 Å². The van der Waals surface area contributed by atoms with Crippen molar-refractivity contribution in [1.82, 2.24) is 0 Å². The van der Waals surface area contributed by atoms with Crippen LogP contribution in [-0.4, -0.2) is 0 Å². The Balaban J connectivity index is 2.78. The SMILES string of the molecule is CC(=C(/C#N)c1c(F)c(C)c(C#N)c(F)c1F)/C(/C=C(/C#N)c1c(F)c(F)c(C#N)c(F)c1F)=C(/C#N)c1c(F)c(F)c(C#N)c(F)c1F. The van der Waals surface area contributed by atoms with Gasteiger partial charge in [0.05, 0.1) is 45.0 Å². The molecule has 0 N–H and O–H groups in total. The summed E-state index contributed by atoms with van der Waals surface area (Å²) in [5, 5.41) is 56.4. The summed E-state index contributed by atoms with van der Waals surface area (Å²) < 4.78 is 164. The molecule has 0 radical (unpaired) electrons. The molecule has 0 saturated heterocycles. The average Bonchev–Trinajstić information content (AvgIpc) is 3.08. The molecule has 0 saturated carbocycles. The van der Waals surface area contributed by atoms with Crippen LogP contribution in [0, 0.1) is 139 Å². The molecule has 0 aromatic heterocycles. The number of rotatable bonds is 5. The molecular formula is C32H7F11N6. The molecule has 0 amide bonds. The van der Waals surface area contributed by atoms with E-state index in [1.54, 1.807) is 0 Å². The first-order chi connectivity index (χ1) is 23.0. The van der Waals surface area contributed by atoms with Crippen LogP contribution in [0.25, 0.3) is 16.7 Å². The van der Waals surface area contributed by atoms with Crippen molar-refractivity contribution in [3.63, 3.8) is 0 Å². The van der Waals surface area contributed by atoms with Crippen molar-refractivity contribution in [2.75, 3.05) is 0 Å². The number of halogens is 11. The van der Waals surface area contributed by atoms with Crippen LogP contribution in [0.1, 0.15) is 45.9 Å². The minimum absolute atomic E-state index is 0.0345. The molecule has 3 rings (SSSR count). The summed E-state index contributed by atoms with van der Waals surface area (Å²) in [4.78, 5) is 0. The van der Waals surface area contributed by atoms with Gasteiger partial charge in [0.2, 0.25) is 0 Å². The Morgan fingerprint density at radius 3 is 1.14 bits per heavy atom. The van der Waals surface area contributed by atoms with E-state index in [0.29, 0.717) is 6.92 Å². The van der Waals surface area contributed by atoms with Crippen LogP contribution in [-0.2, 0) is 0 Å². The fourth-order valence-electron chi connectivity index (χ4n) is 4.43. The molecule has 0 bridgehead atoms. The molecule has 0 heterocycles. The van der Waals surface area contributed by atoms with Gasteiger partial charge < -0.3 is 0 Å². The van der Waals surface area contributed by atoms with E-state index >= 15 is 17.6 Å². The molecule has 49 heavy (non-hydrogen) atoms. The normalized spacial score (nSPS) is 12.0. The Kier molecular flexibility index (Phi) is 10.3. The molecule has 3 aromatic rings. The first-order valence-corrected chi connectivity index (χ1v) is 12.5. The predicted molar refractivity (Wildman–Crippen MR) is 142 cm³/mol. The van der Waals surface area contributed by atoms with Gasteiger partial charge >= 0.3 is 0 Å². The standard InChI is InChI=1S/C32H7F11N6/c1-10(14(5-45)20-22(33)11(2)15(6-46)23(34)30(20)41)13(16(7-47)21-31(42)26(37)18(9-49)27(38)32(21)43)3-12(4-44)19-28(39)24(35)17(8-48)25(36)29(19)40/h3H,1-2H3/b12-3-,14-10+,16-13-. The molecule has 0 aliphatic heterocycles. The first-order valence-electron chi connectivity index (χ1n) is 12.5. The molecular weight excluding hydrogens is 677 g/mol. The maximum Gasteiger partial charge on any atom is 0.180 e. The number of nitrogens with zero attached hydrogens (tertiary/aromatic N) is 6.